The molecule has 3 rings (SSSR count). The van der Waals surface area contributed by atoms with Crippen molar-refractivity contribution in [1.82, 2.24) is 4.98 Å². The number of aromatic nitrogens is 1. The van der Waals surface area contributed by atoms with Gasteiger partial charge in [-0.05, 0) is 31.2 Å². The Kier molecular flexibility index (Phi) is 3.28. The summed E-state index contributed by atoms with van der Waals surface area (Å²) < 4.78 is 5.37. The molecule has 0 amide bonds. The van der Waals surface area contributed by atoms with Gasteiger partial charge in [-0.15, -0.1) is 0 Å². The fourth-order valence-electron chi connectivity index (χ4n) is 2.54. The zero-order chi connectivity index (χ0) is 14.1. The highest BCUT2D eigenvalue weighted by atomic mass is 16.5. The fourth-order valence-corrected chi connectivity index (χ4v) is 2.54. The molecular formula is C15H16N2O3. The Morgan fingerprint density at radius 3 is 2.75 bits per heavy atom. The van der Waals surface area contributed by atoms with E-state index < -0.39 is 5.97 Å². The molecule has 2 aromatic rings. The Bertz CT molecular complexity index is 663. The molecule has 1 aliphatic rings. The Morgan fingerprint density at radius 1 is 1.30 bits per heavy atom. The zero-order valence-corrected chi connectivity index (χ0v) is 11.3. The Balaban J connectivity index is 2.16. The summed E-state index contributed by atoms with van der Waals surface area (Å²) in [5.74, 6) is -0.916. The molecule has 5 heteroatoms. The average molecular weight is 272 g/mol. The first-order valence-corrected chi connectivity index (χ1v) is 6.62. The van der Waals surface area contributed by atoms with Crippen LogP contribution in [0.4, 0.5) is 5.69 Å². The normalized spacial score (nSPS) is 15.6. The summed E-state index contributed by atoms with van der Waals surface area (Å²) in [6, 6.07) is 7.09. The predicted molar refractivity (Wildman–Crippen MR) is 76.5 cm³/mol. The van der Waals surface area contributed by atoms with Crippen LogP contribution in [0, 0.1) is 6.92 Å². The third-order valence-corrected chi connectivity index (χ3v) is 3.51. The third kappa shape index (κ3) is 2.32. The number of nitrogens with zero attached hydrogens (tertiary/aromatic N) is 2. The number of hydrogen-bond acceptors (Lipinski definition) is 4. The SMILES string of the molecule is Cc1cc(N2CCOCC2)c2cc(C(=O)O)ccc2n1. The van der Waals surface area contributed by atoms with Crippen molar-refractivity contribution in [2.24, 2.45) is 0 Å². The van der Waals surface area contributed by atoms with Gasteiger partial charge in [-0.1, -0.05) is 0 Å². The second-order valence-electron chi connectivity index (χ2n) is 4.92. The molecule has 2 heterocycles. The largest absolute Gasteiger partial charge is 0.478 e. The highest BCUT2D eigenvalue weighted by Crippen LogP contribution is 2.28. The van der Waals surface area contributed by atoms with Crippen LogP contribution in [0.25, 0.3) is 10.9 Å². The van der Waals surface area contributed by atoms with Crippen molar-refractivity contribution in [3.8, 4) is 0 Å². The van der Waals surface area contributed by atoms with Gasteiger partial charge in [0.2, 0.25) is 0 Å². The summed E-state index contributed by atoms with van der Waals surface area (Å²) in [6.07, 6.45) is 0. The number of morpholine rings is 1. The van der Waals surface area contributed by atoms with E-state index in [0.717, 1.165) is 35.4 Å². The maximum atomic E-state index is 11.1. The smallest absolute Gasteiger partial charge is 0.335 e. The van der Waals surface area contributed by atoms with Crippen LogP contribution >= 0.6 is 0 Å². The molecule has 0 atom stereocenters. The molecule has 0 spiro atoms. The molecule has 0 aliphatic carbocycles. The van der Waals surface area contributed by atoms with Gasteiger partial charge in [0.25, 0.3) is 0 Å². The summed E-state index contributed by atoms with van der Waals surface area (Å²) in [6.45, 7) is 4.98. The Labute approximate surface area is 116 Å². The predicted octanol–water partition coefficient (Wildman–Crippen LogP) is 2.08. The van der Waals surface area contributed by atoms with Crippen LogP contribution < -0.4 is 4.90 Å². The maximum Gasteiger partial charge on any atom is 0.335 e. The first-order valence-electron chi connectivity index (χ1n) is 6.62. The number of carboxylic acid groups (broad SMARTS) is 1. The number of carboxylic acids is 1. The van der Waals surface area contributed by atoms with Crippen LogP contribution in [0.3, 0.4) is 0 Å². The molecule has 1 aromatic carbocycles. The number of pyridine rings is 1. The molecule has 20 heavy (non-hydrogen) atoms. The molecule has 1 saturated heterocycles. The van der Waals surface area contributed by atoms with Crippen LogP contribution in [0.1, 0.15) is 16.1 Å². The topological polar surface area (TPSA) is 62.7 Å². The lowest BCUT2D eigenvalue weighted by Crippen LogP contribution is -2.36. The van der Waals surface area contributed by atoms with Gasteiger partial charge in [-0.25, -0.2) is 4.79 Å². The van der Waals surface area contributed by atoms with Gasteiger partial charge in [0.1, 0.15) is 0 Å². The van der Waals surface area contributed by atoms with Crippen molar-refractivity contribution in [1.29, 1.82) is 0 Å². The first-order chi connectivity index (χ1) is 9.65. The number of aromatic carboxylic acids is 1. The summed E-state index contributed by atoms with van der Waals surface area (Å²) in [7, 11) is 0. The quantitative estimate of drug-likeness (QED) is 0.906. The van der Waals surface area contributed by atoms with Gasteiger partial charge < -0.3 is 14.7 Å². The second kappa shape index (κ2) is 5.09. The Hall–Kier alpha value is -2.14. The van der Waals surface area contributed by atoms with Crippen molar-refractivity contribution in [3.63, 3.8) is 0 Å². The lowest BCUT2D eigenvalue weighted by Gasteiger charge is -2.30. The van der Waals surface area contributed by atoms with E-state index in [4.69, 9.17) is 9.84 Å². The monoisotopic (exact) mass is 272 g/mol. The number of hydrogen-bond donors (Lipinski definition) is 1. The van der Waals surface area contributed by atoms with E-state index in [0.29, 0.717) is 13.2 Å². The lowest BCUT2D eigenvalue weighted by atomic mass is 10.1. The van der Waals surface area contributed by atoms with Crippen LogP contribution in [0.5, 0.6) is 0 Å². The molecule has 0 saturated carbocycles. The minimum atomic E-state index is -0.916. The second-order valence-corrected chi connectivity index (χ2v) is 4.92. The van der Waals surface area contributed by atoms with Gasteiger partial charge in [0.05, 0.1) is 24.3 Å². The van der Waals surface area contributed by atoms with Gasteiger partial charge in [-0.2, -0.15) is 0 Å². The van der Waals surface area contributed by atoms with Crippen molar-refractivity contribution < 1.29 is 14.6 Å². The minimum Gasteiger partial charge on any atom is -0.478 e. The highest BCUT2D eigenvalue weighted by molar-refractivity contribution is 5.98. The molecule has 104 valence electrons. The Morgan fingerprint density at radius 2 is 2.05 bits per heavy atom. The van der Waals surface area contributed by atoms with Crippen LogP contribution in [-0.4, -0.2) is 42.4 Å². The lowest BCUT2D eigenvalue weighted by molar-refractivity contribution is 0.0697. The minimum absolute atomic E-state index is 0.290. The molecule has 1 fully saturated rings. The molecule has 1 aliphatic heterocycles. The molecule has 0 radical (unpaired) electrons. The van der Waals surface area contributed by atoms with Gasteiger partial charge in [0.15, 0.2) is 0 Å². The van der Waals surface area contributed by atoms with Crippen molar-refractivity contribution in [2.75, 3.05) is 31.2 Å². The summed E-state index contributed by atoms with van der Waals surface area (Å²) in [4.78, 5) is 17.9. The molecule has 1 aromatic heterocycles. The van der Waals surface area contributed by atoms with E-state index in [2.05, 4.69) is 9.88 Å². The van der Waals surface area contributed by atoms with Gasteiger partial charge >= 0.3 is 5.97 Å². The van der Waals surface area contributed by atoms with Crippen molar-refractivity contribution in [2.45, 2.75) is 6.92 Å². The highest BCUT2D eigenvalue weighted by Gasteiger charge is 2.16. The summed E-state index contributed by atoms with van der Waals surface area (Å²) >= 11 is 0. The third-order valence-electron chi connectivity index (χ3n) is 3.51. The van der Waals surface area contributed by atoms with Crippen molar-refractivity contribution in [3.05, 3.63) is 35.5 Å². The van der Waals surface area contributed by atoms with E-state index in [1.165, 1.54) is 0 Å². The maximum absolute atomic E-state index is 11.1. The summed E-state index contributed by atoms with van der Waals surface area (Å²) in [5.41, 5.74) is 3.09. The number of anilines is 1. The van der Waals surface area contributed by atoms with Crippen molar-refractivity contribution >= 4 is 22.6 Å². The number of fused-ring (bicyclic) bond motifs is 1. The molecule has 0 bridgehead atoms. The van der Waals surface area contributed by atoms with Gasteiger partial charge in [-0.3, -0.25) is 4.98 Å². The van der Waals surface area contributed by atoms with E-state index in [9.17, 15) is 4.79 Å². The van der Waals surface area contributed by atoms with Crippen LogP contribution in [-0.2, 0) is 4.74 Å². The number of aryl methyl sites for hydroxylation is 1. The summed E-state index contributed by atoms with van der Waals surface area (Å²) in [5, 5.41) is 10.0. The van der Waals surface area contributed by atoms with Gasteiger partial charge in [0, 0.05) is 29.9 Å². The molecule has 1 N–H and O–H groups in total. The van der Waals surface area contributed by atoms with E-state index in [-0.39, 0.29) is 5.56 Å². The standard InChI is InChI=1S/C15H16N2O3/c1-10-8-14(17-4-6-20-7-5-17)12-9-11(15(18)19)2-3-13(12)16-10/h2-3,8-9H,4-7H2,1H3,(H,18,19). The fraction of sp³-hybridized carbons (Fsp3) is 0.333. The molecular weight excluding hydrogens is 256 g/mol. The zero-order valence-electron chi connectivity index (χ0n) is 11.3. The number of ether oxygens (including phenoxy) is 1. The van der Waals surface area contributed by atoms with E-state index >= 15 is 0 Å². The average Bonchev–Trinajstić information content (AvgIpc) is 2.46. The first kappa shape index (κ1) is 12.9. The molecule has 0 unspecified atom stereocenters. The van der Waals surface area contributed by atoms with Crippen LogP contribution in [0.2, 0.25) is 0 Å². The number of benzene rings is 1. The number of rotatable bonds is 2. The van der Waals surface area contributed by atoms with Crippen LogP contribution in [0.15, 0.2) is 24.3 Å². The number of carbonyl (C=O) groups is 1. The van der Waals surface area contributed by atoms with E-state index in [1.807, 2.05) is 13.0 Å². The molecule has 5 nitrogen and oxygen atoms in total. The van der Waals surface area contributed by atoms with E-state index in [1.54, 1.807) is 18.2 Å².